The van der Waals surface area contributed by atoms with Gasteiger partial charge in [0.15, 0.2) is 0 Å². The normalized spacial score (nSPS) is 13.1. The molecule has 0 aliphatic carbocycles. The number of nitrogens with one attached hydrogen (secondary N) is 1. The molecule has 0 amide bonds. The molecule has 0 fully saturated rings. The van der Waals surface area contributed by atoms with Crippen LogP contribution in [0, 0.1) is 10.8 Å². The highest BCUT2D eigenvalue weighted by Crippen LogP contribution is 2.35. The van der Waals surface area contributed by atoms with E-state index >= 15 is 0 Å². The van der Waals surface area contributed by atoms with Crippen molar-refractivity contribution in [1.82, 2.24) is 5.32 Å². The average molecular weight is 243 g/mol. The first-order chi connectivity index (χ1) is 7.89. The van der Waals surface area contributed by atoms with Crippen LogP contribution in [0.4, 0.5) is 0 Å². The second-order valence-electron chi connectivity index (χ2n) is 6.44. The number of ether oxygens (including phenoxy) is 1. The van der Waals surface area contributed by atoms with Gasteiger partial charge < -0.3 is 10.1 Å². The molecule has 0 rings (SSSR count). The van der Waals surface area contributed by atoms with Crippen molar-refractivity contribution < 1.29 is 4.74 Å². The third kappa shape index (κ3) is 7.77. The van der Waals surface area contributed by atoms with Gasteiger partial charge >= 0.3 is 0 Å². The molecule has 0 saturated carbocycles. The Balaban J connectivity index is 4.15. The van der Waals surface area contributed by atoms with Crippen LogP contribution in [0.25, 0.3) is 0 Å². The summed E-state index contributed by atoms with van der Waals surface area (Å²) in [6.45, 7) is 14.6. The zero-order chi connectivity index (χ0) is 13.4. The van der Waals surface area contributed by atoms with Crippen LogP contribution in [0.5, 0.6) is 0 Å². The Labute approximate surface area is 109 Å². The minimum Gasteiger partial charge on any atom is -0.383 e. The van der Waals surface area contributed by atoms with Crippen LogP contribution in [0.1, 0.15) is 60.3 Å². The molecule has 0 aromatic rings. The fourth-order valence-corrected chi connectivity index (χ4v) is 2.11. The molecule has 2 heteroatoms. The lowest BCUT2D eigenvalue weighted by Gasteiger charge is -2.35. The van der Waals surface area contributed by atoms with Crippen molar-refractivity contribution in [2.24, 2.45) is 10.8 Å². The first-order valence-corrected chi connectivity index (χ1v) is 7.09. The Morgan fingerprint density at radius 3 is 2.00 bits per heavy atom. The second kappa shape index (κ2) is 8.10. The van der Waals surface area contributed by atoms with Crippen molar-refractivity contribution in [3.05, 3.63) is 0 Å². The van der Waals surface area contributed by atoms with Crippen LogP contribution >= 0.6 is 0 Å². The molecule has 2 nitrogen and oxygen atoms in total. The Kier molecular flexibility index (Phi) is 8.06. The molecule has 17 heavy (non-hydrogen) atoms. The number of hydrogen-bond donors (Lipinski definition) is 1. The van der Waals surface area contributed by atoms with Gasteiger partial charge in [0, 0.05) is 20.2 Å². The largest absolute Gasteiger partial charge is 0.383 e. The highest BCUT2D eigenvalue weighted by molar-refractivity contribution is 4.81. The van der Waals surface area contributed by atoms with E-state index < -0.39 is 0 Å². The van der Waals surface area contributed by atoms with E-state index in [1.54, 1.807) is 7.11 Å². The number of methoxy groups -OCH3 is 1. The van der Waals surface area contributed by atoms with E-state index in [2.05, 4.69) is 39.9 Å². The van der Waals surface area contributed by atoms with Crippen molar-refractivity contribution in [1.29, 1.82) is 0 Å². The first-order valence-electron chi connectivity index (χ1n) is 7.09. The predicted octanol–water partition coefficient (Wildman–Crippen LogP) is 3.86. The molecule has 0 spiro atoms. The Bertz CT molecular complexity index is 180. The van der Waals surface area contributed by atoms with Crippen molar-refractivity contribution in [2.75, 3.05) is 26.8 Å². The smallest absolute Gasteiger partial charge is 0.0587 e. The lowest BCUT2D eigenvalue weighted by atomic mass is 9.74. The van der Waals surface area contributed by atoms with Gasteiger partial charge in [-0.05, 0) is 36.5 Å². The van der Waals surface area contributed by atoms with E-state index in [9.17, 15) is 0 Å². The number of hydrogen-bond acceptors (Lipinski definition) is 2. The Morgan fingerprint density at radius 1 is 1.00 bits per heavy atom. The van der Waals surface area contributed by atoms with Gasteiger partial charge in [0.2, 0.25) is 0 Å². The molecule has 0 aliphatic heterocycles. The molecule has 1 N–H and O–H groups in total. The highest BCUT2D eigenvalue weighted by atomic mass is 16.5. The summed E-state index contributed by atoms with van der Waals surface area (Å²) in [6, 6.07) is 0. The predicted molar refractivity (Wildman–Crippen MR) is 76.4 cm³/mol. The van der Waals surface area contributed by atoms with Crippen LogP contribution < -0.4 is 5.32 Å². The summed E-state index contributed by atoms with van der Waals surface area (Å²) < 4.78 is 5.08. The van der Waals surface area contributed by atoms with E-state index in [1.165, 1.54) is 25.7 Å². The summed E-state index contributed by atoms with van der Waals surface area (Å²) in [6.07, 6.45) is 5.16. The molecule has 0 unspecified atom stereocenters. The van der Waals surface area contributed by atoms with E-state index in [0.717, 1.165) is 19.7 Å². The fraction of sp³-hybridized carbons (Fsp3) is 1.00. The molecule has 0 heterocycles. The fourth-order valence-electron chi connectivity index (χ4n) is 2.11. The molecule has 0 atom stereocenters. The minimum absolute atomic E-state index is 0.447. The molecule has 0 aromatic heterocycles. The van der Waals surface area contributed by atoms with Gasteiger partial charge in [-0.2, -0.15) is 0 Å². The van der Waals surface area contributed by atoms with E-state index in [0.29, 0.717) is 10.8 Å². The zero-order valence-electron chi connectivity index (χ0n) is 12.9. The van der Waals surface area contributed by atoms with Gasteiger partial charge in [0.1, 0.15) is 0 Å². The molecule has 0 aromatic carbocycles. The zero-order valence-corrected chi connectivity index (χ0v) is 12.9. The van der Waals surface area contributed by atoms with Gasteiger partial charge in [-0.25, -0.2) is 0 Å². The monoisotopic (exact) mass is 243 g/mol. The Morgan fingerprint density at radius 2 is 1.59 bits per heavy atom. The van der Waals surface area contributed by atoms with Crippen LogP contribution in [0.2, 0.25) is 0 Å². The summed E-state index contributed by atoms with van der Waals surface area (Å²) in [5.41, 5.74) is 0.920. The van der Waals surface area contributed by atoms with Crippen molar-refractivity contribution >= 4 is 0 Å². The van der Waals surface area contributed by atoms with Crippen molar-refractivity contribution in [3.63, 3.8) is 0 Å². The maximum Gasteiger partial charge on any atom is 0.0587 e. The summed E-state index contributed by atoms with van der Waals surface area (Å²) in [5.74, 6) is 0. The Hall–Kier alpha value is -0.0800. The highest BCUT2D eigenvalue weighted by Gasteiger charge is 2.27. The van der Waals surface area contributed by atoms with Crippen LogP contribution in [0.3, 0.4) is 0 Å². The summed E-state index contributed by atoms with van der Waals surface area (Å²) in [5, 5.41) is 3.54. The van der Waals surface area contributed by atoms with Gasteiger partial charge in [-0.1, -0.05) is 34.6 Å². The van der Waals surface area contributed by atoms with Gasteiger partial charge in [0.25, 0.3) is 0 Å². The third-order valence-corrected chi connectivity index (χ3v) is 3.89. The molecule has 0 bridgehead atoms. The minimum atomic E-state index is 0.447. The quantitative estimate of drug-likeness (QED) is 0.621. The average Bonchev–Trinajstić information content (AvgIpc) is 2.28. The van der Waals surface area contributed by atoms with Gasteiger partial charge in [-0.3, -0.25) is 0 Å². The summed E-state index contributed by atoms with van der Waals surface area (Å²) in [7, 11) is 1.76. The van der Waals surface area contributed by atoms with E-state index in [-0.39, 0.29) is 0 Å². The van der Waals surface area contributed by atoms with E-state index in [1.807, 2.05) is 0 Å². The third-order valence-electron chi connectivity index (χ3n) is 3.89. The molecule has 0 aliphatic rings. The van der Waals surface area contributed by atoms with Crippen molar-refractivity contribution in [3.8, 4) is 0 Å². The topological polar surface area (TPSA) is 21.3 Å². The second-order valence-corrected chi connectivity index (χ2v) is 6.44. The maximum absolute atomic E-state index is 5.08. The molecule has 104 valence electrons. The number of rotatable bonds is 9. The molecule has 0 saturated heterocycles. The van der Waals surface area contributed by atoms with Crippen LogP contribution in [0.15, 0.2) is 0 Å². The van der Waals surface area contributed by atoms with Gasteiger partial charge in [0.05, 0.1) is 6.61 Å². The molecule has 0 radical (unpaired) electrons. The summed E-state index contributed by atoms with van der Waals surface area (Å²) >= 11 is 0. The SMILES string of the molecule is CCC(CC)(CCC(C)(C)C)CNCCOC. The molecular weight excluding hydrogens is 210 g/mol. The summed E-state index contributed by atoms with van der Waals surface area (Å²) in [4.78, 5) is 0. The van der Waals surface area contributed by atoms with Crippen LogP contribution in [-0.4, -0.2) is 26.8 Å². The van der Waals surface area contributed by atoms with Gasteiger partial charge in [-0.15, -0.1) is 0 Å². The maximum atomic E-state index is 5.08. The lowest BCUT2D eigenvalue weighted by Crippen LogP contribution is -2.35. The first kappa shape index (κ1) is 16.9. The lowest BCUT2D eigenvalue weighted by molar-refractivity contribution is 0.168. The molecular formula is C15H33NO. The standard InChI is InChI=1S/C15H33NO/c1-7-15(8-2,10-9-14(3,4)5)13-16-11-12-17-6/h16H,7-13H2,1-6H3. The van der Waals surface area contributed by atoms with Crippen molar-refractivity contribution in [2.45, 2.75) is 60.3 Å². The van der Waals surface area contributed by atoms with E-state index in [4.69, 9.17) is 4.74 Å². The van der Waals surface area contributed by atoms with Crippen LogP contribution in [-0.2, 0) is 4.74 Å².